The Morgan fingerprint density at radius 2 is 2.17 bits per heavy atom. The molecule has 0 bridgehead atoms. The molecular weight excluding hydrogens is 324 g/mol. The van der Waals surface area contributed by atoms with Crippen LogP contribution in [-0.2, 0) is 4.74 Å². The summed E-state index contributed by atoms with van der Waals surface area (Å²) in [6.45, 7) is 4.13. The summed E-state index contributed by atoms with van der Waals surface area (Å²) in [4.78, 5) is 11.3. The lowest BCUT2D eigenvalue weighted by molar-refractivity contribution is 0.0377. The number of carbonyl (C=O) groups is 1. The molecule has 1 aromatic rings. The lowest BCUT2D eigenvalue weighted by atomic mass is 9.80. The molecule has 1 aromatic carbocycles. The molecule has 100 valence electrons. The van der Waals surface area contributed by atoms with Crippen LogP contribution >= 0.6 is 28.3 Å². The Morgan fingerprint density at radius 1 is 1.50 bits per heavy atom. The van der Waals surface area contributed by atoms with E-state index in [0.29, 0.717) is 10.0 Å². The van der Waals surface area contributed by atoms with Crippen molar-refractivity contribution in [2.24, 2.45) is 5.41 Å². The molecule has 1 aliphatic heterocycles. The van der Waals surface area contributed by atoms with E-state index in [1.165, 1.54) is 0 Å². The molecule has 6 heteroatoms. The number of cyclic esters (lactones) is 1. The highest BCUT2D eigenvalue weighted by atomic mass is 79.9. The van der Waals surface area contributed by atoms with Crippen molar-refractivity contribution < 1.29 is 13.9 Å². The standard InChI is InChI=1S/C12H13BrFNO2.ClH/c1-12(2)6-17-11(16)15-10(12)7-4-3-5-8(13)9(7)14;/h3-5,10H,6H2,1-2H3,(H,15,16);1H/t10-;/m1./s1. The number of amides is 1. The minimum Gasteiger partial charge on any atom is -0.449 e. The fraction of sp³-hybridized carbons (Fsp3) is 0.417. The minimum absolute atomic E-state index is 0. The van der Waals surface area contributed by atoms with Crippen LogP contribution in [0.2, 0.25) is 0 Å². The number of carbonyl (C=O) groups excluding carboxylic acids is 1. The number of ether oxygens (including phenoxy) is 1. The van der Waals surface area contributed by atoms with Crippen molar-refractivity contribution in [3.05, 3.63) is 34.1 Å². The molecule has 18 heavy (non-hydrogen) atoms. The van der Waals surface area contributed by atoms with E-state index in [-0.39, 0.29) is 36.3 Å². The summed E-state index contributed by atoms with van der Waals surface area (Å²) in [6, 6.07) is 4.67. The maximum atomic E-state index is 14.0. The molecule has 1 atom stereocenters. The minimum atomic E-state index is -0.506. The normalized spacial score (nSPS) is 21.6. The first kappa shape index (κ1) is 15.2. The average Bonchev–Trinajstić information content (AvgIpc) is 2.26. The maximum absolute atomic E-state index is 14.0. The molecule has 1 aliphatic rings. The van der Waals surface area contributed by atoms with E-state index >= 15 is 0 Å². The fourth-order valence-corrected chi connectivity index (χ4v) is 2.31. The number of hydrogen-bond acceptors (Lipinski definition) is 2. The van der Waals surface area contributed by atoms with Gasteiger partial charge in [0.25, 0.3) is 0 Å². The van der Waals surface area contributed by atoms with Gasteiger partial charge in [-0.3, -0.25) is 0 Å². The molecular formula is C12H14BrClFNO2. The summed E-state index contributed by atoms with van der Waals surface area (Å²) in [6.07, 6.45) is -0.506. The Kier molecular flexibility index (Phi) is 4.61. The first-order valence-electron chi connectivity index (χ1n) is 5.29. The Bertz CT molecular complexity index is 467. The summed E-state index contributed by atoms with van der Waals surface area (Å²) in [5, 5.41) is 2.67. The van der Waals surface area contributed by atoms with Gasteiger partial charge in [0.05, 0.1) is 10.5 Å². The van der Waals surface area contributed by atoms with Crippen molar-refractivity contribution in [2.75, 3.05) is 6.61 Å². The van der Waals surface area contributed by atoms with Gasteiger partial charge in [0.1, 0.15) is 12.4 Å². The van der Waals surface area contributed by atoms with Gasteiger partial charge in [-0.2, -0.15) is 0 Å². The monoisotopic (exact) mass is 337 g/mol. The third kappa shape index (κ3) is 2.78. The predicted octanol–water partition coefficient (Wildman–Crippen LogP) is 3.82. The lowest BCUT2D eigenvalue weighted by Crippen LogP contribution is -2.47. The van der Waals surface area contributed by atoms with E-state index in [2.05, 4.69) is 21.2 Å². The zero-order chi connectivity index (χ0) is 12.6. The number of rotatable bonds is 1. The number of alkyl carbamates (subject to hydrolysis) is 1. The Hall–Kier alpha value is -0.810. The first-order valence-corrected chi connectivity index (χ1v) is 6.08. The van der Waals surface area contributed by atoms with Crippen molar-refractivity contribution in [3.8, 4) is 0 Å². The topological polar surface area (TPSA) is 38.3 Å². The lowest BCUT2D eigenvalue weighted by Gasteiger charge is -2.38. The van der Waals surface area contributed by atoms with E-state index in [4.69, 9.17) is 4.74 Å². The van der Waals surface area contributed by atoms with Crippen LogP contribution in [0.25, 0.3) is 0 Å². The molecule has 0 saturated carbocycles. The molecule has 1 amide bonds. The van der Waals surface area contributed by atoms with Crippen LogP contribution in [0.15, 0.2) is 22.7 Å². The zero-order valence-electron chi connectivity index (χ0n) is 10.00. The predicted molar refractivity (Wildman–Crippen MR) is 72.4 cm³/mol. The summed E-state index contributed by atoms with van der Waals surface area (Å²) in [5.41, 5.74) is 0.122. The van der Waals surface area contributed by atoms with Crippen molar-refractivity contribution in [1.29, 1.82) is 0 Å². The zero-order valence-corrected chi connectivity index (χ0v) is 12.4. The van der Waals surface area contributed by atoms with Crippen LogP contribution in [0.3, 0.4) is 0 Å². The molecule has 1 heterocycles. The number of hydrogen-bond donors (Lipinski definition) is 1. The van der Waals surface area contributed by atoms with Gasteiger partial charge in [0, 0.05) is 11.0 Å². The molecule has 0 unspecified atom stereocenters. The van der Waals surface area contributed by atoms with Crippen molar-refractivity contribution >= 4 is 34.4 Å². The van der Waals surface area contributed by atoms with Crippen LogP contribution in [0.4, 0.5) is 9.18 Å². The van der Waals surface area contributed by atoms with Gasteiger partial charge >= 0.3 is 6.09 Å². The second-order valence-corrected chi connectivity index (χ2v) is 5.64. The second kappa shape index (κ2) is 5.45. The van der Waals surface area contributed by atoms with Crippen molar-refractivity contribution in [3.63, 3.8) is 0 Å². The van der Waals surface area contributed by atoms with Crippen molar-refractivity contribution in [1.82, 2.24) is 5.32 Å². The average molecular weight is 339 g/mol. The van der Waals surface area contributed by atoms with Gasteiger partial charge in [-0.15, -0.1) is 12.4 Å². The summed E-state index contributed by atoms with van der Waals surface area (Å²) in [5.74, 6) is -0.340. The third-order valence-corrected chi connectivity index (χ3v) is 3.52. The third-order valence-electron chi connectivity index (χ3n) is 2.91. The van der Waals surface area contributed by atoms with Gasteiger partial charge in [0.15, 0.2) is 0 Å². The number of nitrogens with one attached hydrogen (secondary N) is 1. The van der Waals surface area contributed by atoms with Crippen LogP contribution in [-0.4, -0.2) is 12.7 Å². The summed E-state index contributed by atoms with van der Waals surface area (Å²) in [7, 11) is 0. The van der Waals surface area contributed by atoms with E-state index in [9.17, 15) is 9.18 Å². The van der Waals surface area contributed by atoms with E-state index in [1.807, 2.05) is 13.8 Å². The summed E-state index contributed by atoms with van der Waals surface area (Å²) < 4.78 is 19.3. The maximum Gasteiger partial charge on any atom is 0.407 e. The largest absolute Gasteiger partial charge is 0.449 e. The molecule has 1 saturated heterocycles. The van der Waals surface area contributed by atoms with E-state index in [0.717, 1.165) is 0 Å². The number of benzene rings is 1. The van der Waals surface area contributed by atoms with Crippen LogP contribution in [0.1, 0.15) is 25.5 Å². The van der Waals surface area contributed by atoms with E-state index in [1.54, 1.807) is 18.2 Å². The van der Waals surface area contributed by atoms with Gasteiger partial charge < -0.3 is 10.1 Å². The quantitative estimate of drug-likeness (QED) is 0.845. The molecule has 0 radical (unpaired) electrons. The smallest absolute Gasteiger partial charge is 0.407 e. The van der Waals surface area contributed by atoms with Crippen molar-refractivity contribution in [2.45, 2.75) is 19.9 Å². The van der Waals surface area contributed by atoms with Crippen LogP contribution in [0, 0.1) is 11.2 Å². The highest BCUT2D eigenvalue weighted by Crippen LogP contribution is 2.38. The van der Waals surface area contributed by atoms with Gasteiger partial charge in [0.2, 0.25) is 0 Å². The second-order valence-electron chi connectivity index (χ2n) is 4.79. The highest BCUT2D eigenvalue weighted by molar-refractivity contribution is 9.10. The first-order chi connectivity index (χ1) is 7.92. The van der Waals surface area contributed by atoms with Crippen LogP contribution < -0.4 is 5.32 Å². The van der Waals surface area contributed by atoms with Gasteiger partial charge in [-0.25, -0.2) is 9.18 Å². The molecule has 2 rings (SSSR count). The molecule has 0 spiro atoms. The van der Waals surface area contributed by atoms with Crippen LogP contribution in [0.5, 0.6) is 0 Å². The molecule has 1 N–H and O–H groups in total. The molecule has 1 fully saturated rings. The highest BCUT2D eigenvalue weighted by Gasteiger charge is 2.39. The molecule has 0 aromatic heterocycles. The number of halogens is 3. The molecule has 3 nitrogen and oxygen atoms in total. The Morgan fingerprint density at radius 3 is 2.83 bits per heavy atom. The van der Waals surface area contributed by atoms with Gasteiger partial charge in [-0.1, -0.05) is 26.0 Å². The summed E-state index contributed by atoms with van der Waals surface area (Å²) >= 11 is 3.15. The van der Waals surface area contributed by atoms with E-state index < -0.39 is 6.09 Å². The fourth-order valence-electron chi connectivity index (χ4n) is 1.93. The SMILES string of the molecule is CC1(C)COC(=O)N[C@@H]1c1cccc(Br)c1F.Cl. The Balaban J connectivity index is 0.00000162. The molecule has 0 aliphatic carbocycles. The Labute approximate surface area is 120 Å². The van der Waals surface area contributed by atoms with Gasteiger partial charge in [-0.05, 0) is 22.0 Å².